The molecule has 0 aliphatic rings. The smallest absolute Gasteiger partial charge is 0.0728 e. The van der Waals surface area contributed by atoms with Crippen LogP contribution >= 0.6 is 11.6 Å². The van der Waals surface area contributed by atoms with Gasteiger partial charge < -0.3 is 5.32 Å². The highest BCUT2D eigenvalue weighted by Gasteiger charge is 2.09. The lowest BCUT2D eigenvalue weighted by Crippen LogP contribution is -2.08. The fourth-order valence-electron chi connectivity index (χ4n) is 1.65. The molecule has 0 amide bonds. The predicted molar refractivity (Wildman–Crippen MR) is 66.7 cm³/mol. The molecule has 1 heterocycles. The van der Waals surface area contributed by atoms with E-state index in [1.54, 1.807) is 6.20 Å². The van der Waals surface area contributed by atoms with Crippen LogP contribution in [0.1, 0.15) is 24.9 Å². The molecule has 4 heteroatoms. The van der Waals surface area contributed by atoms with Crippen LogP contribution in [0.2, 0.25) is 5.02 Å². The van der Waals surface area contributed by atoms with Crippen molar-refractivity contribution in [3.8, 4) is 0 Å². The molecule has 0 spiro atoms. The van der Waals surface area contributed by atoms with Gasteiger partial charge in [-0.15, -0.1) is 0 Å². The molecule has 1 atom stereocenters. The highest BCUT2D eigenvalue weighted by Crippen LogP contribution is 2.23. The number of H-pyrrole nitrogens is 1. The van der Waals surface area contributed by atoms with E-state index in [1.165, 1.54) is 5.56 Å². The first kappa shape index (κ1) is 11.0. The van der Waals surface area contributed by atoms with Crippen LogP contribution in [-0.2, 0) is 0 Å². The monoisotopic (exact) mass is 235 g/mol. The Balaban J connectivity index is 2.13. The average molecular weight is 236 g/mol. The summed E-state index contributed by atoms with van der Waals surface area (Å²) in [5.41, 5.74) is 2.23. The molecule has 1 unspecified atom stereocenters. The third-order valence-electron chi connectivity index (χ3n) is 2.52. The van der Waals surface area contributed by atoms with Crippen molar-refractivity contribution in [2.24, 2.45) is 0 Å². The van der Waals surface area contributed by atoms with Crippen LogP contribution in [-0.4, -0.2) is 10.2 Å². The minimum Gasteiger partial charge on any atom is -0.376 e. The van der Waals surface area contributed by atoms with Gasteiger partial charge in [0.1, 0.15) is 0 Å². The third kappa shape index (κ3) is 2.55. The van der Waals surface area contributed by atoms with E-state index in [-0.39, 0.29) is 6.04 Å². The zero-order valence-corrected chi connectivity index (χ0v) is 9.83. The van der Waals surface area contributed by atoms with Gasteiger partial charge in [0, 0.05) is 11.2 Å². The van der Waals surface area contributed by atoms with Gasteiger partial charge in [-0.3, -0.25) is 5.10 Å². The van der Waals surface area contributed by atoms with Crippen molar-refractivity contribution in [1.29, 1.82) is 0 Å². The van der Waals surface area contributed by atoms with Gasteiger partial charge >= 0.3 is 0 Å². The fraction of sp³-hybridized carbons (Fsp3) is 0.250. The van der Waals surface area contributed by atoms with E-state index < -0.39 is 0 Å². The summed E-state index contributed by atoms with van der Waals surface area (Å²) in [5.74, 6) is 0. The quantitative estimate of drug-likeness (QED) is 0.850. The summed E-state index contributed by atoms with van der Waals surface area (Å²) in [4.78, 5) is 0. The number of nitrogens with zero attached hydrogens (tertiary/aromatic N) is 1. The van der Waals surface area contributed by atoms with E-state index in [9.17, 15) is 0 Å². The molecular formula is C12H14ClN3. The zero-order chi connectivity index (χ0) is 11.4. The van der Waals surface area contributed by atoms with Crippen molar-refractivity contribution >= 4 is 17.3 Å². The number of hydrogen-bond donors (Lipinski definition) is 2. The summed E-state index contributed by atoms with van der Waals surface area (Å²) in [6.07, 6.45) is 4.63. The normalized spacial score (nSPS) is 12.4. The number of hydrogen-bond acceptors (Lipinski definition) is 2. The van der Waals surface area contributed by atoms with E-state index >= 15 is 0 Å². The van der Waals surface area contributed by atoms with Crippen LogP contribution in [0.5, 0.6) is 0 Å². The third-order valence-corrected chi connectivity index (χ3v) is 2.77. The van der Waals surface area contributed by atoms with Crippen LogP contribution in [0.3, 0.4) is 0 Å². The van der Waals surface area contributed by atoms with E-state index in [4.69, 9.17) is 11.6 Å². The summed E-state index contributed by atoms with van der Waals surface area (Å²) in [6, 6.07) is 8.20. The maximum Gasteiger partial charge on any atom is 0.0728 e. The second-order valence-electron chi connectivity index (χ2n) is 3.64. The Labute approximate surface area is 99.8 Å². The minimum absolute atomic E-state index is 0.287. The Morgan fingerprint density at radius 1 is 1.38 bits per heavy atom. The Hall–Kier alpha value is -1.48. The van der Waals surface area contributed by atoms with Crippen molar-refractivity contribution in [3.05, 3.63) is 47.2 Å². The van der Waals surface area contributed by atoms with Gasteiger partial charge in [0.05, 0.1) is 17.9 Å². The number of aromatic nitrogens is 2. The van der Waals surface area contributed by atoms with Crippen LogP contribution in [0.15, 0.2) is 36.7 Å². The number of halogens is 1. The largest absolute Gasteiger partial charge is 0.376 e. The van der Waals surface area contributed by atoms with Gasteiger partial charge in [-0.2, -0.15) is 5.10 Å². The van der Waals surface area contributed by atoms with Gasteiger partial charge in [0.2, 0.25) is 0 Å². The van der Waals surface area contributed by atoms with Crippen molar-refractivity contribution in [3.63, 3.8) is 0 Å². The van der Waals surface area contributed by atoms with E-state index in [0.29, 0.717) is 0 Å². The summed E-state index contributed by atoms with van der Waals surface area (Å²) >= 11 is 5.87. The fourth-order valence-corrected chi connectivity index (χ4v) is 1.77. The second kappa shape index (κ2) is 5.03. The molecule has 0 saturated heterocycles. The lowest BCUT2D eigenvalue weighted by Gasteiger charge is -2.17. The van der Waals surface area contributed by atoms with E-state index in [2.05, 4.69) is 22.4 Å². The van der Waals surface area contributed by atoms with Crippen molar-refractivity contribution in [2.75, 3.05) is 5.32 Å². The SMILES string of the molecule is CCC(Nc1cn[nH]c1)c1ccc(Cl)cc1. The maximum absolute atomic E-state index is 5.87. The number of rotatable bonds is 4. The van der Waals surface area contributed by atoms with Gasteiger partial charge in [0.25, 0.3) is 0 Å². The maximum atomic E-state index is 5.87. The Morgan fingerprint density at radius 3 is 2.69 bits per heavy atom. The van der Waals surface area contributed by atoms with E-state index in [1.807, 2.05) is 30.5 Å². The van der Waals surface area contributed by atoms with Crippen LogP contribution < -0.4 is 5.32 Å². The second-order valence-corrected chi connectivity index (χ2v) is 4.08. The molecule has 2 rings (SSSR count). The lowest BCUT2D eigenvalue weighted by molar-refractivity contribution is 0.749. The number of anilines is 1. The summed E-state index contributed by atoms with van der Waals surface area (Å²) < 4.78 is 0. The predicted octanol–water partition coefficient (Wildman–Crippen LogP) is 3.63. The first-order chi connectivity index (χ1) is 7.79. The Morgan fingerprint density at radius 2 is 2.12 bits per heavy atom. The number of benzene rings is 1. The average Bonchev–Trinajstić information content (AvgIpc) is 2.80. The molecular weight excluding hydrogens is 222 g/mol. The standard InChI is InChI=1S/C12H14ClN3/c1-2-12(16-11-7-14-15-8-11)9-3-5-10(13)6-4-9/h3-8,12,16H,2H2,1H3,(H,14,15). The molecule has 0 bridgehead atoms. The lowest BCUT2D eigenvalue weighted by atomic mass is 10.0. The molecule has 2 N–H and O–H groups in total. The van der Waals surface area contributed by atoms with Gasteiger partial charge in [-0.1, -0.05) is 30.7 Å². The topological polar surface area (TPSA) is 40.7 Å². The molecule has 1 aromatic heterocycles. The Bertz CT molecular complexity index is 422. The summed E-state index contributed by atoms with van der Waals surface area (Å²) in [5, 5.41) is 10.9. The molecule has 16 heavy (non-hydrogen) atoms. The molecule has 0 radical (unpaired) electrons. The molecule has 0 fully saturated rings. The highest BCUT2D eigenvalue weighted by molar-refractivity contribution is 6.30. The Kier molecular flexibility index (Phi) is 3.47. The van der Waals surface area contributed by atoms with Crippen molar-refractivity contribution in [1.82, 2.24) is 10.2 Å². The molecule has 0 aliphatic carbocycles. The zero-order valence-electron chi connectivity index (χ0n) is 9.07. The summed E-state index contributed by atoms with van der Waals surface area (Å²) in [6.45, 7) is 2.15. The molecule has 3 nitrogen and oxygen atoms in total. The summed E-state index contributed by atoms with van der Waals surface area (Å²) in [7, 11) is 0. The van der Waals surface area contributed by atoms with Crippen LogP contribution in [0.25, 0.3) is 0 Å². The highest BCUT2D eigenvalue weighted by atomic mass is 35.5. The van der Waals surface area contributed by atoms with Gasteiger partial charge in [-0.05, 0) is 24.1 Å². The number of nitrogens with one attached hydrogen (secondary N) is 2. The van der Waals surface area contributed by atoms with Crippen molar-refractivity contribution in [2.45, 2.75) is 19.4 Å². The minimum atomic E-state index is 0.287. The molecule has 1 aromatic carbocycles. The first-order valence-electron chi connectivity index (χ1n) is 5.30. The van der Waals surface area contributed by atoms with Crippen molar-refractivity contribution < 1.29 is 0 Å². The van der Waals surface area contributed by atoms with Crippen LogP contribution in [0, 0.1) is 0 Å². The molecule has 0 saturated carbocycles. The molecule has 84 valence electrons. The first-order valence-corrected chi connectivity index (χ1v) is 5.68. The van der Waals surface area contributed by atoms with E-state index in [0.717, 1.165) is 17.1 Å². The molecule has 0 aliphatic heterocycles. The van der Waals surface area contributed by atoms with Gasteiger partial charge in [0.15, 0.2) is 0 Å². The van der Waals surface area contributed by atoms with Gasteiger partial charge in [-0.25, -0.2) is 0 Å². The molecule has 2 aromatic rings. The van der Waals surface area contributed by atoms with Crippen LogP contribution in [0.4, 0.5) is 5.69 Å². The number of aromatic amines is 1.